The molecule has 2 aromatic rings. The molecule has 1 amide bonds. The second-order valence-corrected chi connectivity index (χ2v) is 4.33. The molecule has 0 bridgehead atoms. The van der Waals surface area contributed by atoms with E-state index in [9.17, 15) is 14.9 Å². The number of rotatable bonds is 5. The number of nitrogens with zero attached hydrogens (tertiary/aromatic N) is 3. The van der Waals surface area contributed by atoms with Gasteiger partial charge in [0.1, 0.15) is 0 Å². The molecule has 22 heavy (non-hydrogen) atoms. The van der Waals surface area contributed by atoms with Crippen molar-refractivity contribution >= 4 is 23.9 Å². The molecule has 8 heteroatoms. The SMILES string of the molecule is Cc1cc(C(=O)N/N=C/C=C/c2ccccc2[N+](=O)[O-])n[nH]1. The molecule has 1 aromatic carbocycles. The summed E-state index contributed by atoms with van der Waals surface area (Å²) in [6.07, 6.45) is 4.36. The number of nitro groups is 1. The fraction of sp³-hybridized carbons (Fsp3) is 0.0714. The fourth-order valence-electron chi connectivity index (χ4n) is 1.67. The zero-order chi connectivity index (χ0) is 15.9. The number of carbonyl (C=O) groups excluding carboxylic acids is 1. The van der Waals surface area contributed by atoms with Gasteiger partial charge in [-0.25, -0.2) is 5.43 Å². The van der Waals surface area contributed by atoms with E-state index in [1.165, 1.54) is 24.4 Å². The van der Waals surface area contributed by atoms with Crippen molar-refractivity contribution in [3.63, 3.8) is 0 Å². The standard InChI is InChI=1S/C14H13N5O3/c1-10-9-12(17-16-10)14(20)18-15-8-4-6-11-5-2-3-7-13(11)19(21)22/h2-9H,1H3,(H,16,17)(H,18,20)/b6-4+,15-8+. The third-order valence-electron chi connectivity index (χ3n) is 2.67. The number of aromatic amines is 1. The zero-order valence-corrected chi connectivity index (χ0v) is 11.7. The third-order valence-corrected chi connectivity index (χ3v) is 2.67. The smallest absolute Gasteiger partial charge is 0.282 e. The Balaban J connectivity index is 1.95. The molecule has 112 valence electrons. The number of amides is 1. The predicted molar refractivity (Wildman–Crippen MR) is 81.4 cm³/mol. The van der Waals surface area contributed by atoms with Crippen LogP contribution in [0.2, 0.25) is 0 Å². The molecule has 0 aliphatic heterocycles. The van der Waals surface area contributed by atoms with Gasteiger partial charge < -0.3 is 0 Å². The van der Waals surface area contributed by atoms with E-state index in [1.54, 1.807) is 31.2 Å². The highest BCUT2D eigenvalue weighted by molar-refractivity contribution is 5.93. The van der Waals surface area contributed by atoms with E-state index in [0.29, 0.717) is 5.56 Å². The van der Waals surface area contributed by atoms with E-state index >= 15 is 0 Å². The number of carbonyl (C=O) groups is 1. The van der Waals surface area contributed by atoms with Crippen LogP contribution in [0.4, 0.5) is 5.69 Å². The molecule has 0 radical (unpaired) electrons. The summed E-state index contributed by atoms with van der Waals surface area (Å²) in [5.41, 5.74) is 3.76. The molecule has 0 aliphatic carbocycles. The van der Waals surface area contributed by atoms with Crippen molar-refractivity contribution in [2.45, 2.75) is 6.92 Å². The number of nitrogens with one attached hydrogen (secondary N) is 2. The van der Waals surface area contributed by atoms with Crippen molar-refractivity contribution in [1.29, 1.82) is 0 Å². The van der Waals surface area contributed by atoms with Crippen molar-refractivity contribution in [2.75, 3.05) is 0 Å². The Hall–Kier alpha value is -3.29. The van der Waals surface area contributed by atoms with Crippen LogP contribution in [-0.4, -0.2) is 27.2 Å². The van der Waals surface area contributed by atoms with Crippen LogP contribution in [0.15, 0.2) is 41.5 Å². The molecule has 0 spiro atoms. The number of H-pyrrole nitrogens is 1. The van der Waals surface area contributed by atoms with Crippen molar-refractivity contribution in [3.05, 3.63) is 63.5 Å². The van der Waals surface area contributed by atoms with Crippen LogP contribution in [-0.2, 0) is 0 Å². The second-order valence-electron chi connectivity index (χ2n) is 4.33. The highest BCUT2D eigenvalue weighted by atomic mass is 16.6. The van der Waals surface area contributed by atoms with Crippen molar-refractivity contribution in [1.82, 2.24) is 15.6 Å². The number of benzene rings is 1. The Labute approximate surface area is 125 Å². The number of aromatic nitrogens is 2. The van der Waals surface area contributed by atoms with Gasteiger partial charge in [0.05, 0.1) is 10.5 Å². The predicted octanol–water partition coefficient (Wildman–Crippen LogP) is 2.06. The molecule has 0 unspecified atom stereocenters. The number of hydrogen-bond donors (Lipinski definition) is 2. The maximum absolute atomic E-state index is 11.6. The van der Waals surface area contributed by atoms with Gasteiger partial charge in [0.25, 0.3) is 11.6 Å². The largest absolute Gasteiger partial charge is 0.291 e. The molecule has 2 rings (SSSR count). The van der Waals surface area contributed by atoms with Gasteiger partial charge in [-0.2, -0.15) is 10.2 Å². The van der Waals surface area contributed by atoms with E-state index in [-0.39, 0.29) is 11.4 Å². The minimum absolute atomic E-state index is 0.00295. The van der Waals surface area contributed by atoms with Crippen molar-refractivity contribution < 1.29 is 9.72 Å². The van der Waals surface area contributed by atoms with Crippen LogP contribution in [0, 0.1) is 17.0 Å². The van der Waals surface area contributed by atoms with Crippen molar-refractivity contribution in [3.8, 4) is 0 Å². The highest BCUT2D eigenvalue weighted by Gasteiger charge is 2.09. The normalized spacial score (nSPS) is 11.1. The minimum atomic E-state index is -0.460. The van der Waals surface area contributed by atoms with Crippen LogP contribution >= 0.6 is 0 Å². The number of nitro benzene ring substituents is 1. The fourth-order valence-corrected chi connectivity index (χ4v) is 1.67. The summed E-state index contributed by atoms with van der Waals surface area (Å²) in [4.78, 5) is 22.0. The number of hydrogen-bond acceptors (Lipinski definition) is 5. The Kier molecular flexibility index (Phi) is 4.76. The summed E-state index contributed by atoms with van der Waals surface area (Å²) >= 11 is 0. The molecule has 1 heterocycles. The molecule has 0 atom stereocenters. The lowest BCUT2D eigenvalue weighted by Gasteiger charge is -1.95. The molecule has 0 saturated carbocycles. The van der Waals surface area contributed by atoms with E-state index in [1.807, 2.05) is 0 Å². The maximum atomic E-state index is 11.6. The van der Waals surface area contributed by atoms with Crippen LogP contribution in [0.1, 0.15) is 21.7 Å². The van der Waals surface area contributed by atoms with Gasteiger partial charge >= 0.3 is 0 Å². The van der Waals surface area contributed by atoms with Crippen LogP contribution in [0.25, 0.3) is 6.08 Å². The summed E-state index contributed by atoms with van der Waals surface area (Å²) < 4.78 is 0. The van der Waals surface area contributed by atoms with Gasteiger partial charge in [0.2, 0.25) is 0 Å². The van der Waals surface area contributed by atoms with E-state index in [0.717, 1.165) is 5.69 Å². The van der Waals surface area contributed by atoms with Crippen LogP contribution < -0.4 is 5.43 Å². The quantitative estimate of drug-likeness (QED) is 0.499. The summed E-state index contributed by atoms with van der Waals surface area (Å²) in [6.45, 7) is 1.78. The van der Waals surface area contributed by atoms with Gasteiger partial charge in [-0.3, -0.25) is 20.0 Å². The molecular formula is C14H13N5O3. The minimum Gasteiger partial charge on any atom is -0.282 e. The average molecular weight is 299 g/mol. The van der Waals surface area contributed by atoms with Gasteiger partial charge in [0.15, 0.2) is 5.69 Å². The Morgan fingerprint density at radius 2 is 2.23 bits per heavy atom. The van der Waals surface area contributed by atoms with Crippen molar-refractivity contribution in [2.24, 2.45) is 5.10 Å². The third kappa shape index (κ3) is 3.85. The summed E-state index contributed by atoms with van der Waals surface area (Å²) in [7, 11) is 0. The van der Waals surface area contributed by atoms with Gasteiger partial charge in [-0.05, 0) is 31.2 Å². The average Bonchev–Trinajstić information content (AvgIpc) is 2.93. The number of hydrazone groups is 1. The summed E-state index contributed by atoms with van der Waals surface area (Å²) in [5.74, 6) is -0.445. The first-order chi connectivity index (χ1) is 10.6. The van der Waals surface area contributed by atoms with Gasteiger partial charge in [0, 0.05) is 18.0 Å². The van der Waals surface area contributed by atoms with E-state index in [2.05, 4.69) is 20.7 Å². The molecule has 2 N–H and O–H groups in total. The highest BCUT2D eigenvalue weighted by Crippen LogP contribution is 2.18. The first kappa shape index (κ1) is 15.1. The lowest BCUT2D eigenvalue weighted by molar-refractivity contribution is -0.385. The molecule has 0 saturated heterocycles. The zero-order valence-electron chi connectivity index (χ0n) is 11.7. The first-order valence-corrected chi connectivity index (χ1v) is 6.33. The molecular weight excluding hydrogens is 286 g/mol. The Bertz CT molecular complexity index is 748. The molecule has 1 aromatic heterocycles. The van der Waals surface area contributed by atoms with E-state index in [4.69, 9.17) is 0 Å². The second kappa shape index (κ2) is 6.93. The van der Waals surface area contributed by atoms with Crippen LogP contribution in [0.3, 0.4) is 0 Å². The number of aryl methyl sites for hydroxylation is 1. The topological polar surface area (TPSA) is 113 Å². The first-order valence-electron chi connectivity index (χ1n) is 6.33. The number of allylic oxidation sites excluding steroid dienone is 1. The van der Waals surface area contributed by atoms with Gasteiger partial charge in [-0.15, -0.1) is 0 Å². The summed E-state index contributed by atoms with van der Waals surface area (Å²) in [5, 5.41) is 21.0. The molecule has 0 fully saturated rings. The van der Waals surface area contributed by atoms with Crippen LogP contribution in [0.5, 0.6) is 0 Å². The van der Waals surface area contributed by atoms with Gasteiger partial charge in [-0.1, -0.05) is 12.1 Å². The number of para-hydroxylation sites is 1. The maximum Gasteiger partial charge on any atom is 0.291 e. The monoisotopic (exact) mass is 299 g/mol. The Morgan fingerprint density at radius 1 is 1.45 bits per heavy atom. The lowest BCUT2D eigenvalue weighted by Crippen LogP contribution is -2.17. The molecule has 0 aliphatic rings. The lowest BCUT2D eigenvalue weighted by atomic mass is 10.2. The molecule has 8 nitrogen and oxygen atoms in total. The Morgan fingerprint density at radius 3 is 2.91 bits per heavy atom. The summed E-state index contributed by atoms with van der Waals surface area (Å²) in [6, 6.07) is 7.92. The van der Waals surface area contributed by atoms with E-state index < -0.39 is 10.8 Å².